The van der Waals surface area contributed by atoms with Gasteiger partial charge in [0.2, 0.25) is 11.8 Å². The van der Waals surface area contributed by atoms with E-state index in [-0.39, 0.29) is 30.3 Å². The second-order valence-electron chi connectivity index (χ2n) is 7.57. The predicted octanol–water partition coefficient (Wildman–Crippen LogP) is 3.23. The van der Waals surface area contributed by atoms with Gasteiger partial charge in [-0.3, -0.25) is 14.4 Å². The van der Waals surface area contributed by atoms with Gasteiger partial charge in [0.05, 0.1) is 10.7 Å². The molecule has 2 heterocycles. The average Bonchev–Trinajstić information content (AvgIpc) is 3.19. The van der Waals surface area contributed by atoms with Crippen molar-refractivity contribution in [3.8, 4) is 0 Å². The van der Waals surface area contributed by atoms with E-state index in [4.69, 9.17) is 11.6 Å². The van der Waals surface area contributed by atoms with Crippen LogP contribution in [0.2, 0.25) is 5.02 Å². The van der Waals surface area contributed by atoms with Crippen molar-refractivity contribution >= 4 is 35.0 Å². The third-order valence-electron chi connectivity index (χ3n) is 5.46. The maximum atomic E-state index is 12.6. The number of amides is 3. The lowest BCUT2D eigenvalue weighted by Crippen LogP contribution is -2.56. The molecule has 2 aromatic rings. The molecule has 0 spiro atoms. The number of anilines is 1. The summed E-state index contributed by atoms with van der Waals surface area (Å²) in [6, 6.07) is 12.2. The van der Waals surface area contributed by atoms with E-state index in [0.29, 0.717) is 29.4 Å². The average molecular weight is 412 g/mol. The number of fused-ring (bicyclic) bond motifs is 1. The molecule has 2 fully saturated rings. The number of hydrogen-bond donors (Lipinski definition) is 1. The largest absolute Gasteiger partial charge is 0.329 e. The van der Waals surface area contributed by atoms with E-state index in [2.05, 4.69) is 5.32 Å². The molecule has 2 aromatic carbocycles. The van der Waals surface area contributed by atoms with Gasteiger partial charge in [0.25, 0.3) is 5.91 Å². The Labute approximate surface area is 174 Å². The fraction of sp³-hybridized carbons (Fsp3) is 0.318. The smallest absolute Gasteiger partial charge is 0.255 e. The molecule has 2 aliphatic heterocycles. The molecule has 150 valence electrons. The Morgan fingerprint density at radius 2 is 1.93 bits per heavy atom. The molecule has 0 aromatic heterocycles. The first-order valence-corrected chi connectivity index (χ1v) is 10.0. The van der Waals surface area contributed by atoms with Gasteiger partial charge in [-0.1, -0.05) is 29.8 Å². The molecule has 4 rings (SSSR count). The number of rotatable bonds is 4. The number of nitrogens with one attached hydrogen (secondary N) is 1. The molecular weight excluding hydrogens is 390 g/mol. The number of piperazine rings is 1. The van der Waals surface area contributed by atoms with Gasteiger partial charge in [0.1, 0.15) is 12.6 Å². The lowest BCUT2D eigenvalue weighted by molar-refractivity contribution is -0.154. The summed E-state index contributed by atoms with van der Waals surface area (Å²) in [4.78, 5) is 40.7. The molecular formula is C22H22ClN3O3. The summed E-state index contributed by atoms with van der Waals surface area (Å²) in [5, 5.41) is 3.30. The summed E-state index contributed by atoms with van der Waals surface area (Å²) < 4.78 is 0. The Bertz CT molecular complexity index is 974. The van der Waals surface area contributed by atoms with Crippen molar-refractivity contribution in [1.82, 2.24) is 9.80 Å². The molecule has 2 saturated heterocycles. The molecule has 0 aliphatic carbocycles. The van der Waals surface area contributed by atoms with Gasteiger partial charge in [-0.2, -0.15) is 0 Å². The zero-order valence-corrected chi connectivity index (χ0v) is 16.9. The second kappa shape index (κ2) is 7.87. The second-order valence-corrected chi connectivity index (χ2v) is 7.98. The lowest BCUT2D eigenvalue weighted by atomic mass is 10.1. The highest BCUT2D eigenvalue weighted by molar-refractivity contribution is 6.34. The topological polar surface area (TPSA) is 69.7 Å². The quantitative estimate of drug-likeness (QED) is 0.839. The van der Waals surface area contributed by atoms with Gasteiger partial charge in [-0.05, 0) is 55.2 Å². The fourth-order valence-electron chi connectivity index (χ4n) is 3.90. The van der Waals surface area contributed by atoms with E-state index < -0.39 is 0 Å². The Morgan fingerprint density at radius 1 is 1.17 bits per heavy atom. The maximum absolute atomic E-state index is 12.6. The fourth-order valence-corrected chi connectivity index (χ4v) is 4.18. The molecule has 1 N–H and O–H groups in total. The van der Waals surface area contributed by atoms with Crippen LogP contribution in [0.25, 0.3) is 0 Å². The van der Waals surface area contributed by atoms with E-state index in [1.807, 2.05) is 25.1 Å². The Balaban J connectivity index is 1.42. The van der Waals surface area contributed by atoms with Gasteiger partial charge in [0.15, 0.2) is 0 Å². The van der Waals surface area contributed by atoms with E-state index >= 15 is 0 Å². The van der Waals surface area contributed by atoms with Gasteiger partial charge < -0.3 is 15.1 Å². The van der Waals surface area contributed by atoms with Crippen LogP contribution >= 0.6 is 11.6 Å². The third kappa shape index (κ3) is 3.98. The van der Waals surface area contributed by atoms with Crippen LogP contribution in [-0.4, -0.2) is 46.7 Å². The van der Waals surface area contributed by atoms with Crippen molar-refractivity contribution in [3.63, 3.8) is 0 Å². The standard InChI is InChI=1S/C22H22ClN3O3/c1-14-4-9-18(17(23)11-14)24-21(28)16-7-5-15(6-8-16)12-25-13-20(27)26-10-2-3-19(26)22(25)29/h4-9,11,19H,2-3,10,12-13H2,1H3,(H,24,28). The summed E-state index contributed by atoms with van der Waals surface area (Å²) in [6.45, 7) is 3.09. The van der Waals surface area contributed by atoms with E-state index in [9.17, 15) is 14.4 Å². The summed E-state index contributed by atoms with van der Waals surface area (Å²) >= 11 is 6.18. The van der Waals surface area contributed by atoms with Crippen LogP contribution in [0.15, 0.2) is 42.5 Å². The Morgan fingerprint density at radius 3 is 2.66 bits per heavy atom. The van der Waals surface area contributed by atoms with Crippen LogP contribution in [0.4, 0.5) is 5.69 Å². The van der Waals surface area contributed by atoms with Crippen LogP contribution in [0.1, 0.15) is 34.3 Å². The normalized spacial score (nSPS) is 18.8. The maximum Gasteiger partial charge on any atom is 0.255 e. The SMILES string of the molecule is Cc1ccc(NC(=O)c2ccc(CN3CC(=O)N4CCCC4C3=O)cc2)c(Cl)c1. The molecule has 7 heteroatoms. The summed E-state index contributed by atoms with van der Waals surface area (Å²) in [6.07, 6.45) is 1.62. The number of carbonyl (C=O) groups is 3. The number of benzene rings is 2. The molecule has 6 nitrogen and oxygen atoms in total. The van der Waals surface area contributed by atoms with Crippen molar-refractivity contribution in [2.75, 3.05) is 18.4 Å². The first kappa shape index (κ1) is 19.5. The number of hydrogen-bond acceptors (Lipinski definition) is 3. The zero-order valence-electron chi connectivity index (χ0n) is 16.2. The van der Waals surface area contributed by atoms with Crippen LogP contribution in [-0.2, 0) is 16.1 Å². The van der Waals surface area contributed by atoms with Crippen molar-refractivity contribution in [2.45, 2.75) is 32.4 Å². The summed E-state index contributed by atoms with van der Waals surface area (Å²) in [7, 11) is 0. The van der Waals surface area contributed by atoms with Gasteiger partial charge in [0, 0.05) is 18.7 Å². The molecule has 1 unspecified atom stereocenters. The Kier molecular flexibility index (Phi) is 5.28. The third-order valence-corrected chi connectivity index (χ3v) is 5.77. The van der Waals surface area contributed by atoms with Gasteiger partial charge in [-0.15, -0.1) is 0 Å². The first-order valence-electron chi connectivity index (χ1n) is 9.67. The van der Waals surface area contributed by atoms with Crippen LogP contribution < -0.4 is 5.32 Å². The molecule has 0 saturated carbocycles. The minimum Gasteiger partial charge on any atom is -0.329 e. The number of aryl methyl sites for hydroxylation is 1. The van der Waals surface area contributed by atoms with Crippen molar-refractivity contribution < 1.29 is 14.4 Å². The highest BCUT2D eigenvalue weighted by atomic mass is 35.5. The zero-order chi connectivity index (χ0) is 20.5. The van der Waals surface area contributed by atoms with Gasteiger partial charge in [-0.25, -0.2) is 0 Å². The molecule has 2 aliphatic rings. The van der Waals surface area contributed by atoms with Crippen molar-refractivity contribution in [1.29, 1.82) is 0 Å². The van der Waals surface area contributed by atoms with E-state index in [0.717, 1.165) is 24.0 Å². The van der Waals surface area contributed by atoms with Crippen molar-refractivity contribution in [3.05, 3.63) is 64.2 Å². The predicted molar refractivity (Wildman–Crippen MR) is 111 cm³/mol. The lowest BCUT2D eigenvalue weighted by Gasteiger charge is -2.36. The van der Waals surface area contributed by atoms with Gasteiger partial charge >= 0.3 is 0 Å². The van der Waals surface area contributed by atoms with Crippen LogP contribution in [0, 0.1) is 6.92 Å². The number of carbonyl (C=O) groups excluding carboxylic acids is 3. The van der Waals surface area contributed by atoms with Crippen LogP contribution in [0.3, 0.4) is 0 Å². The monoisotopic (exact) mass is 411 g/mol. The molecule has 0 radical (unpaired) electrons. The minimum atomic E-state index is -0.305. The first-order chi connectivity index (χ1) is 13.9. The highest BCUT2D eigenvalue weighted by Gasteiger charge is 2.41. The van der Waals surface area contributed by atoms with Crippen molar-refractivity contribution in [2.24, 2.45) is 0 Å². The summed E-state index contributed by atoms with van der Waals surface area (Å²) in [5.41, 5.74) is 2.95. The highest BCUT2D eigenvalue weighted by Crippen LogP contribution is 2.25. The number of nitrogens with zero attached hydrogens (tertiary/aromatic N) is 2. The molecule has 1 atom stereocenters. The number of halogens is 1. The molecule has 29 heavy (non-hydrogen) atoms. The van der Waals surface area contributed by atoms with E-state index in [1.165, 1.54) is 0 Å². The minimum absolute atomic E-state index is 0.0120. The molecule has 3 amide bonds. The molecule has 0 bridgehead atoms. The summed E-state index contributed by atoms with van der Waals surface area (Å²) in [5.74, 6) is -0.232. The Hall–Kier alpha value is -2.86. The van der Waals surface area contributed by atoms with Crippen LogP contribution in [0.5, 0.6) is 0 Å². The van der Waals surface area contributed by atoms with E-state index in [1.54, 1.807) is 34.1 Å².